The topological polar surface area (TPSA) is 32.7 Å². The predicted molar refractivity (Wildman–Crippen MR) is 50.6 cm³/mol. The molecule has 2 rings (SSSR count). The molecular weight excluding hydrogens is 166 g/mol. The van der Waals surface area contributed by atoms with Crippen LogP contribution >= 0.6 is 0 Å². The Bertz CT molecular complexity index is 215. The molecule has 3 heteroatoms. The second-order valence-electron chi connectivity index (χ2n) is 3.98. The maximum absolute atomic E-state index is 9.64. The summed E-state index contributed by atoms with van der Waals surface area (Å²) in [7, 11) is 0. The van der Waals surface area contributed by atoms with Crippen LogP contribution in [0.5, 0.6) is 0 Å². The lowest BCUT2D eigenvalue weighted by Gasteiger charge is -2.32. The first-order valence-corrected chi connectivity index (χ1v) is 4.93. The average molecular weight is 183 g/mol. The maximum atomic E-state index is 9.64. The first kappa shape index (κ1) is 9.19. The molecule has 0 aromatic carbocycles. The summed E-state index contributed by atoms with van der Waals surface area (Å²) in [4.78, 5) is 2.33. The molecule has 0 aromatic heterocycles. The van der Waals surface area contributed by atoms with Gasteiger partial charge in [0.15, 0.2) is 0 Å². The summed E-state index contributed by atoms with van der Waals surface area (Å²) >= 11 is 0. The Kier molecular flexibility index (Phi) is 2.67. The van der Waals surface area contributed by atoms with Crippen molar-refractivity contribution in [2.75, 3.05) is 26.3 Å². The fourth-order valence-electron chi connectivity index (χ4n) is 2.10. The van der Waals surface area contributed by atoms with Crippen molar-refractivity contribution in [2.24, 2.45) is 0 Å². The van der Waals surface area contributed by atoms with Crippen LogP contribution in [0.4, 0.5) is 0 Å². The highest BCUT2D eigenvalue weighted by Crippen LogP contribution is 2.18. The van der Waals surface area contributed by atoms with Gasteiger partial charge in [0, 0.05) is 13.1 Å². The lowest BCUT2D eigenvalue weighted by Crippen LogP contribution is -2.45. The predicted octanol–water partition coefficient (Wildman–Crippen LogP) is 0.398. The Labute approximate surface area is 79.0 Å². The van der Waals surface area contributed by atoms with Crippen LogP contribution in [0.1, 0.15) is 13.3 Å². The molecule has 13 heavy (non-hydrogen) atoms. The van der Waals surface area contributed by atoms with Gasteiger partial charge in [-0.1, -0.05) is 11.6 Å². The number of aliphatic hydroxyl groups excluding tert-OH is 1. The van der Waals surface area contributed by atoms with Crippen molar-refractivity contribution in [1.82, 2.24) is 4.90 Å². The molecule has 1 saturated heterocycles. The van der Waals surface area contributed by atoms with Crippen molar-refractivity contribution in [3.05, 3.63) is 11.6 Å². The summed E-state index contributed by atoms with van der Waals surface area (Å²) in [6.07, 6.45) is 3.10. The summed E-state index contributed by atoms with van der Waals surface area (Å²) in [6, 6.07) is 0.226. The molecule has 0 amide bonds. The van der Waals surface area contributed by atoms with Gasteiger partial charge < -0.3 is 9.84 Å². The third-order valence-electron chi connectivity index (χ3n) is 2.85. The number of rotatable bonds is 1. The first-order valence-electron chi connectivity index (χ1n) is 4.93. The van der Waals surface area contributed by atoms with Gasteiger partial charge in [0.2, 0.25) is 0 Å². The van der Waals surface area contributed by atoms with Gasteiger partial charge in [-0.3, -0.25) is 4.90 Å². The summed E-state index contributed by atoms with van der Waals surface area (Å²) < 4.78 is 5.25. The molecule has 2 aliphatic heterocycles. The monoisotopic (exact) mass is 183 g/mol. The zero-order valence-corrected chi connectivity index (χ0v) is 8.07. The summed E-state index contributed by atoms with van der Waals surface area (Å²) in [6.45, 7) is 5.39. The highest BCUT2D eigenvalue weighted by molar-refractivity contribution is 5.06. The fraction of sp³-hybridized carbons (Fsp3) is 0.800. The second kappa shape index (κ2) is 3.78. The molecule has 1 N–H and O–H groups in total. The van der Waals surface area contributed by atoms with Crippen molar-refractivity contribution in [3.8, 4) is 0 Å². The van der Waals surface area contributed by atoms with Crippen molar-refractivity contribution in [1.29, 1.82) is 0 Å². The minimum Gasteiger partial charge on any atom is -0.389 e. The van der Waals surface area contributed by atoms with Gasteiger partial charge in [-0.25, -0.2) is 0 Å². The standard InChI is InChI=1S/C10H17NO2/c1-8-3-2-4-11(5-8)9-6-13-7-10(9)12/h3,9-10,12H,2,4-7H2,1H3/t9?,10-/m1/s1. The van der Waals surface area contributed by atoms with Gasteiger partial charge in [0.25, 0.3) is 0 Å². The van der Waals surface area contributed by atoms with Gasteiger partial charge >= 0.3 is 0 Å². The van der Waals surface area contributed by atoms with Crippen LogP contribution < -0.4 is 0 Å². The molecule has 3 nitrogen and oxygen atoms in total. The zero-order valence-electron chi connectivity index (χ0n) is 8.07. The Balaban J connectivity index is 1.97. The highest BCUT2D eigenvalue weighted by atomic mass is 16.5. The van der Waals surface area contributed by atoms with Gasteiger partial charge in [-0.2, -0.15) is 0 Å². The molecule has 0 aromatic rings. The van der Waals surface area contributed by atoms with Crippen LogP contribution in [-0.2, 0) is 4.74 Å². The molecule has 0 aliphatic carbocycles. The summed E-state index contributed by atoms with van der Waals surface area (Å²) in [5.74, 6) is 0. The van der Waals surface area contributed by atoms with Crippen LogP contribution in [0.25, 0.3) is 0 Å². The van der Waals surface area contributed by atoms with E-state index < -0.39 is 0 Å². The van der Waals surface area contributed by atoms with Crippen LogP contribution in [-0.4, -0.2) is 48.5 Å². The third-order valence-corrected chi connectivity index (χ3v) is 2.85. The Morgan fingerprint density at radius 3 is 3.00 bits per heavy atom. The van der Waals surface area contributed by atoms with Crippen molar-refractivity contribution in [3.63, 3.8) is 0 Å². The summed E-state index contributed by atoms with van der Waals surface area (Å²) in [5, 5.41) is 9.64. The van der Waals surface area contributed by atoms with Crippen molar-refractivity contribution in [2.45, 2.75) is 25.5 Å². The number of hydrogen-bond donors (Lipinski definition) is 1. The van der Waals surface area contributed by atoms with Crippen molar-refractivity contribution >= 4 is 0 Å². The molecule has 0 radical (unpaired) electrons. The highest BCUT2D eigenvalue weighted by Gasteiger charge is 2.31. The lowest BCUT2D eigenvalue weighted by molar-refractivity contribution is 0.0856. The fourth-order valence-corrected chi connectivity index (χ4v) is 2.10. The van der Waals surface area contributed by atoms with E-state index in [1.54, 1.807) is 0 Å². The molecule has 2 aliphatic rings. The van der Waals surface area contributed by atoms with Crippen LogP contribution in [0, 0.1) is 0 Å². The van der Waals surface area contributed by atoms with E-state index in [1.807, 2.05) is 0 Å². The SMILES string of the molecule is CC1=CCCN(C2COC[C@H]2O)C1. The zero-order chi connectivity index (χ0) is 9.26. The lowest BCUT2D eigenvalue weighted by atomic mass is 10.1. The van der Waals surface area contributed by atoms with Crippen LogP contribution in [0.3, 0.4) is 0 Å². The van der Waals surface area contributed by atoms with E-state index >= 15 is 0 Å². The summed E-state index contributed by atoms with van der Waals surface area (Å²) in [5.41, 5.74) is 1.41. The van der Waals surface area contributed by atoms with Crippen molar-refractivity contribution < 1.29 is 9.84 Å². The Morgan fingerprint density at radius 2 is 2.38 bits per heavy atom. The molecule has 1 fully saturated rings. The van der Waals surface area contributed by atoms with Crippen LogP contribution in [0.2, 0.25) is 0 Å². The Hall–Kier alpha value is -0.380. The molecule has 0 spiro atoms. The van der Waals surface area contributed by atoms with E-state index in [-0.39, 0.29) is 12.1 Å². The largest absolute Gasteiger partial charge is 0.389 e. The average Bonchev–Trinajstić information content (AvgIpc) is 2.51. The van der Waals surface area contributed by atoms with E-state index in [0.717, 1.165) is 19.5 Å². The number of aliphatic hydroxyl groups is 1. The van der Waals surface area contributed by atoms with Crippen LogP contribution in [0.15, 0.2) is 11.6 Å². The van der Waals surface area contributed by atoms with Gasteiger partial charge in [0.1, 0.15) is 0 Å². The molecule has 2 atom stereocenters. The maximum Gasteiger partial charge on any atom is 0.0950 e. The number of nitrogens with zero attached hydrogens (tertiary/aromatic N) is 1. The van der Waals surface area contributed by atoms with E-state index in [9.17, 15) is 5.11 Å². The van der Waals surface area contributed by atoms with Gasteiger partial charge in [-0.05, 0) is 13.3 Å². The third kappa shape index (κ3) is 1.93. The number of ether oxygens (including phenoxy) is 1. The van der Waals surface area contributed by atoms with Gasteiger partial charge in [0.05, 0.1) is 25.4 Å². The Morgan fingerprint density at radius 1 is 1.54 bits per heavy atom. The molecule has 0 saturated carbocycles. The van der Waals surface area contributed by atoms with E-state index in [1.165, 1.54) is 5.57 Å². The minimum absolute atomic E-state index is 0.226. The van der Waals surface area contributed by atoms with E-state index in [0.29, 0.717) is 13.2 Å². The van der Waals surface area contributed by atoms with E-state index in [2.05, 4.69) is 17.9 Å². The molecule has 0 bridgehead atoms. The van der Waals surface area contributed by atoms with E-state index in [4.69, 9.17) is 4.74 Å². The number of hydrogen-bond acceptors (Lipinski definition) is 3. The smallest absolute Gasteiger partial charge is 0.0950 e. The van der Waals surface area contributed by atoms with Gasteiger partial charge in [-0.15, -0.1) is 0 Å². The minimum atomic E-state index is -0.286. The molecular formula is C10H17NO2. The normalized spacial score (nSPS) is 36.3. The second-order valence-corrected chi connectivity index (χ2v) is 3.98. The molecule has 74 valence electrons. The molecule has 1 unspecified atom stereocenters. The molecule has 2 heterocycles. The first-order chi connectivity index (χ1) is 6.27. The quantitative estimate of drug-likeness (QED) is 0.597.